The lowest BCUT2D eigenvalue weighted by Crippen LogP contribution is -2.47. The quantitative estimate of drug-likeness (QED) is 0.477. The minimum absolute atomic E-state index is 0.544. The number of piperazine rings is 1. The van der Waals surface area contributed by atoms with E-state index in [0.29, 0.717) is 6.54 Å². The Morgan fingerprint density at radius 1 is 1.22 bits per heavy atom. The first-order valence-corrected chi connectivity index (χ1v) is 6.42. The van der Waals surface area contributed by atoms with Crippen LogP contribution < -0.4 is 4.90 Å². The van der Waals surface area contributed by atoms with Crippen LogP contribution in [0.2, 0.25) is 5.02 Å². The summed E-state index contributed by atoms with van der Waals surface area (Å²) in [5.41, 5.74) is 9.34. The fourth-order valence-electron chi connectivity index (χ4n) is 2.15. The zero-order valence-corrected chi connectivity index (χ0v) is 10.9. The third kappa shape index (κ3) is 3.29. The van der Waals surface area contributed by atoms with Crippen molar-refractivity contribution in [1.82, 2.24) is 4.90 Å². The third-order valence-corrected chi connectivity index (χ3v) is 3.46. The molecule has 1 fully saturated rings. The monoisotopic (exact) mass is 265 g/mol. The number of rotatable bonds is 4. The molecule has 0 atom stereocenters. The fraction of sp³-hybridized carbons (Fsp3) is 0.500. The van der Waals surface area contributed by atoms with E-state index in [1.54, 1.807) is 0 Å². The van der Waals surface area contributed by atoms with Crippen molar-refractivity contribution in [2.24, 2.45) is 5.11 Å². The zero-order valence-electron chi connectivity index (χ0n) is 10.2. The molecule has 0 unspecified atom stereocenters. The van der Waals surface area contributed by atoms with Gasteiger partial charge in [-0.2, -0.15) is 0 Å². The second-order valence-corrected chi connectivity index (χ2v) is 4.64. The lowest BCUT2D eigenvalue weighted by molar-refractivity contribution is 0.265. The minimum atomic E-state index is 0.544. The zero-order chi connectivity index (χ0) is 12.8. The first kappa shape index (κ1) is 13.0. The molecule has 0 aromatic heterocycles. The number of hydrogen-bond acceptors (Lipinski definition) is 3. The molecule has 0 N–H and O–H groups in total. The van der Waals surface area contributed by atoms with E-state index in [1.165, 1.54) is 0 Å². The van der Waals surface area contributed by atoms with Gasteiger partial charge >= 0.3 is 0 Å². The topological polar surface area (TPSA) is 55.2 Å². The van der Waals surface area contributed by atoms with Crippen molar-refractivity contribution in [2.75, 3.05) is 44.2 Å². The number of hydrogen-bond donors (Lipinski definition) is 0. The van der Waals surface area contributed by atoms with Gasteiger partial charge in [-0.3, -0.25) is 4.90 Å². The van der Waals surface area contributed by atoms with Crippen LogP contribution in [0.1, 0.15) is 0 Å². The van der Waals surface area contributed by atoms with Crippen LogP contribution in [0.5, 0.6) is 0 Å². The second kappa shape index (κ2) is 6.50. The van der Waals surface area contributed by atoms with Gasteiger partial charge < -0.3 is 4.90 Å². The number of nitrogens with zero attached hydrogens (tertiary/aromatic N) is 5. The number of benzene rings is 1. The molecule has 6 heteroatoms. The van der Waals surface area contributed by atoms with Gasteiger partial charge in [0.2, 0.25) is 0 Å². The first-order valence-electron chi connectivity index (χ1n) is 6.04. The molecule has 0 bridgehead atoms. The van der Waals surface area contributed by atoms with E-state index in [-0.39, 0.29) is 0 Å². The van der Waals surface area contributed by atoms with Gasteiger partial charge in [0.15, 0.2) is 0 Å². The highest BCUT2D eigenvalue weighted by atomic mass is 35.5. The molecule has 2 rings (SSSR count). The van der Waals surface area contributed by atoms with Crippen molar-refractivity contribution in [1.29, 1.82) is 0 Å². The van der Waals surface area contributed by atoms with Crippen LogP contribution in [0.3, 0.4) is 0 Å². The Morgan fingerprint density at radius 2 is 1.94 bits per heavy atom. The molecule has 1 aliphatic heterocycles. The molecule has 0 aliphatic carbocycles. The van der Waals surface area contributed by atoms with Crippen LogP contribution in [0.25, 0.3) is 10.4 Å². The predicted molar refractivity (Wildman–Crippen MR) is 74.1 cm³/mol. The maximum absolute atomic E-state index is 8.23. The molecule has 5 nitrogen and oxygen atoms in total. The largest absolute Gasteiger partial charge is 0.368 e. The lowest BCUT2D eigenvalue weighted by Gasteiger charge is -2.36. The van der Waals surface area contributed by atoms with Gasteiger partial charge in [-0.05, 0) is 17.7 Å². The van der Waals surface area contributed by atoms with Crippen LogP contribution in [-0.2, 0) is 0 Å². The van der Waals surface area contributed by atoms with Gasteiger partial charge in [-0.15, -0.1) is 0 Å². The Balaban J connectivity index is 1.87. The third-order valence-electron chi connectivity index (χ3n) is 3.14. The second-order valence-electron chi connectivity index (χ2n) is 4.23. The van der Waals surface area contributed by atoms with E-state index in [0.717, 1.165) is 43.4 Å². The number of anilines is 1. The molecular weight excluding hydrogens is 250 g/mol. The van der Waals surface area contributed by atoms with E-state index in [9.17, 15) is 0 Å². The standard InChI is InChI=1S/C12H16ClN5/c13-11-3-1-2-4-12(11)18-9-7-17(8-10-18)6-5-15-16-14/h1-4H,5-10H2. The molecule has 1 heterocycles. The summed E-state index contributed by atoms with van der Waals surface area (Å²) in [6.45, 7) is 5.25. The molecule has 1 aromatic carbocycles. The van der Waals surface area contributed by atoms with Gasteiger partial charge in [-0.1, -0.05) is 28.8 Å². The van der Waals surface area contributed by atoms with Gasteiger partial charge in [0, 0.05) is 44.2 Å². The Labute approximate surface area is 112 Å². The molecule has 1 saturated heterocycles. The Bertz CT molecular complexity index is 436. The average molecular weight is 266 g/mol. The molecule has 1 aliphatic rings. The molecule has 96 valence electrons. The van der Waals surface area contributed by atoms with Crippen molar-refractivity contribution in [3.8, 4) is 0 Å². The molecule has 0 amide bonds. The van der Waals surface area contributed by atoms with Crippen molar-refractivity contribution in [2.45, 2.75) is 0 Å². The molecule has 18 heavy (non-hydrogen) atoms. The molecule has 0 spiro atoms. The predicted octanol–water partition coefficient (Wildman–Crippen LogP) is 2.77. The molecule has 0 saturated carbocycles. The highest BCUT2D eigenvalue weighted by molar-refractivity contribution is 6.33. The van der Waals surface area contributed by atoms with E-state index in [1.807, 2.05) is 18.2 Å². The summed E-state index contributed by atoms with van der Waals surface area (Å²) in [5.74, 6) is 0. The summed E-state index contributed by atoms with van der Waals surface area (Å²) in [5, 5.41) is 4.37. The summed E-state index contributed by atoms with van der Waals surface area (Å²) < 4.78 is 0. The number of halogens is 1. The van der Waals surface area contributed by atoms with Crippen LogP contribution in [-0.4, -0.2) is 44.2 Å². The van der Waals surface area contributed by atoms with Crippen molar-refractivity contribution in [3.05, 3.63) is 39.7 Å². The highest BCUT2D eigenvalue weighted by Crippen LogP contribution is 2.25. The minimum Gasteiger partial charge on any atom is -0.368 e. The van der Waals surface area contributed by atoms with Crippen LogP contribution in [0.15, 0.2) is 29.4 Å². The summed E-state index contributed by atoms with van der Waals surface area (Å²) in [4.78, 5) is 7.37. The molecule has 1 aromatic rings. The Morgan fingerprint density at radius 3 is 2.61 bits per heavy atom. The summed E-state index contributed by atoms with van der Waals surface area (Å²) in [6.07, 6.45) is 0. The van der Waals surface area contributed by atoms with Gasteiger partial charge in [-0.25, -0.2) is 0 Å². The SMILES string of the molecule is [N-]=[N+]=NCCN1CCN(c2ccccc2Cl)CC1. The number of azide groups is 1. The molecular formula is C12H16ClN5. The van der Waals surface area contributed by atoms with Crippen LogP contribution in [0.4, 0.5) is 5.69 Å². The van der Waals surface area contributed by atoms with Crippen LogP contribution in [0, 0.1) is 0 Å². The van der Waals surface area contributed by atoms with Crippen molar-refractivity contribution < 1.29 is 0 Å². The maximum atomic E-state index is 8.23. The van der Waals surface area contributed by atoms with Gasteiger partial charge in [0.05, 0.1) is 10.7 Å². The summed E-state index contributed by atoms with van der Waals surface area (Å²) >= 11 is 6.19. The number of para-hydroxylation sites is 1. The van der Waals surface area contributed by atoms with E-state index in [4.69, 9.17) is 17.1 Å². The maximum Gasteiger partial charge on any atom is 0.0639 e. The van der Waals surface area contributed by atoms with Crippen molar-refractivity contribution >= 4 is 17.3 Å². The normalized spacial score (nSPS) is 16.4. The smallest absolute Gasteiger partial charge is 0.0639 e. The Hall–Kier alpha value is -1.42. The highest BCUT2D eigenvalue weighted by Gasteiger charge is 2.17. The van der Waals surface area contributed by atoms with E-state index < -0.39 is 0 Å². The molecule has 0 radical (unpaired) electrons. The van der Waals surface area contributed by atoms with Gasteiger partial charge in [0.25, 0.3) is 0 Å². The fourth-order valence-corrected chi connectivity index (χ4v) is 2.41. The summed E-state index contributed by atoms with van der Waals surface area (Å²) in [7, 11) is 0. The summed E-state index contributed by atoms with van der Waals surface area (Å²) in [6, 6.07) is 7.93. The van der Waals surface area contributed by atoms with Gasteiger partial charge in [0.1, 0.15) is 0 Å². The van der Waals surface area contributed by atoms with Crippen molar-refractivity contribution in [3.63, 3.8) is 0 Å². The van der Waals surface area contributed by atoms with E-state index in [2.05, 4.69) is 25.9 Å². The van der Waals surface area contributed by atoms with E-state index >= 15 is 0 Å². The van der Waals surface area contributed by atoms with Crippen LogP contribution >= 0.6 is 11.6 Å². The first-order chi connectivity index (χ1) is 8.81. The average Bonchev–Trinajstić information content (AvgIpc) is 2.41. The Kier molecular flexibility index (Phi) is 4.70. The lowest BCUT2D eigenvalue weighted by atomic mass is 10.2.